The van der Waals surface area contributed by atoms with Crippen LogP contribution in [0.15, 0.2) is 24.3 Å². The smallest absolute Gasteiger partial charge is 0.0624 e. The predicted octanol–water partition coefficient (Wildman–Crippen LogP) is 1.86. The van der Waals surface area contributed by atoms with Gasteiger partial charge in [-0.1, -0.05) is 11.6 Å². The second kappa shape index (κ2) is 6.97. The SMILES string of the molecule is OC1CCOCC1CN1CCN(c2ccc(Cl)cc2)CC1. The van der Waals surface area contributed by atoms with Gasteiger partial charge in [0.25, 0.3) is 0 Å². The highest BCUT2D eigenvalue weighted by atomic mass is 35.5. The van der Waals surface area contributed by atoms with Crippen molar-refractivity contribution in [3.05, 3.63) is 29.3 Å². The van der Waals surface area contributed by atoms with Gasteiger partial charge in [0.15, 0.2) is 0 Å². The lowest BCUT2D eigenvalue weighted by Gasteiger charge is -2.39. The maximum absolute atomic E-state index is 10.0. The number of aliphatic hydroxyl groups is 1. The van der Waals surface area contributed by atoms with Crippen molar-refractivity contribution >= 4 is 17.3 Å². The molecule has 2 unspecified atom stereocenters. The third-order valence-corrected chi connectivity index (χ3v) is 4.74. The number of nitrogens with zero attached hydrogens (tertiary/aromatic N) is 2. The predicted molar refractivity (Wildman–Crippen MR) is 85.0 cm³/mol. The largest absolute Gasteiger partial charge is 0.393 e. The van der Waals surface area contributed by atoms with Crippen molar-refractivity contribution < 1.29 is 9.84 Å². The van der Waals surface area contributed by atoms with Gasteiger partial charge in [-0.2, -0.15) is 0 Å². The molecule has 2 saturated heterocycles. The van der Waals surface area contributed by atoms with Crippen LogP contribution in [0.4, 0.5) is 5.69 Å². The fourth-order valence-electron chi connectivity index (χ4n) is 3.13. The number of aliphatic hydroxyl groups excluding tert-OH is 1. The van der Waals surface area contributed by atoms with Gasteiger partial charge in [-0.25, -0.2) is 0 Å². The maximum Gasteiger partial charge on any atom is 0.0624 e. The molecule has 0 aliphatic carbocycles. The third-order valence-electron chi connectivity index (χ3n) is 4.49. The molecule has 4 nitrogen and oxygen atoms in total. The first-order valence-corrected chi connectivity index (χ1v) is 8.09. The lowest BCUT2D eigenvalue weighted by molar-refractivity contribution is -0.0469. The van der Waals surface area contributed by atoms with Crippen LogP contribution >= 0.6 is 11.6 Å². The Bertz CT molecular complexity index is 446. The fraction of sp³-hybridized carbons (Fsp3) is 0.625. The molecule has 5 heteroatoms. The van der Waals surface area contributed by atoms with Crippen LogP contribution in [0.3, 0.4) is 0 Å². The van der Waals surface area contributed by atoms with E-state index in [0.717, 1.165) is 44.2 Å². The fourth-order valence-corrected chi connectivity index (χ4v) is 3.26. The summed E-state index contributed by atoms with van der Waals surface area (Å²) in [6, 6.07) is 8.05. The quantitative estimate of drug-likeness (QED) is 0.924. The normalized spacial score (nSPS) is 27.8. The minimum Gasteiger partial charge on any atom is -0.393 e. The molecule has 0 aromatic heterocycles. The van der Waals surface area contributed by atoms with E-state index in [2.05, 4.69) is 21.9 Å². The van der Waals surface area contributed by atoms with E-state index in [-0.39, 0.29) is 12.0 Å². The number of ether oxygens (including phenoxy) is 1. The van der Waals surface area contributed by atoms with Crippen molar-refractivity contribution in [2.24, 2.45) is 5.92 Å². The second-order valence-electron chi connectivity index (χ2n) is 5.96. The summed E-state index contributed by atoms with van der Waals surface area (Å²) in [7, 11) is 0. The lowest BCUT2D eigenvalue weighted by Crippen LogP contribution is -2.50. The van der Waals surface area contributed by atoms with Crippen LogP contribution in [0.1, 0.15) is 6.42 Å². The minimum atomic E-state index is -0.201. The van der Waals surface area contributed by atoms with Gasteiger partial charge in [0.1, 0.15) is 0 Å². The Morgan fingerprint density at radius 2 is 1.86 bits per heavy atom. The molecule has 1 aromatic rings. The van der Waals surface area contributed by atoms with Crippen LogP contribution in [-0.4, -0.2) is 62.0 Å². The zero-order chi connectivity index (χ0) is 14.7. The molecular weight excluding hydrogens is 288 g/mol. The van der Waals surface area contributed by atoms with E-state index >= 15 is 0 Å². The van der Waals surface area contributed by atoms with Crippen LogP contribution in [0.5, 0.6) is 0 Å². The van der Waals surface area contributed by atoms with Gasteiger partial charge in [0.2, 0.25) is 0 Å². The van der Waals surface area contributed by atoms with E-state index in [1.54, 1.807) is 0 Å². The first kappa shape index (κ1) is 15.1. The number of piperazine rings is 1. The molecule has 0 spiro atoms. The summed E-state index contributed by atoms with van der Waals surface area (Å²) < 4.78 is 5.49. The van der Waals surface area contributed by atoms with E-state index in [4.69, 9.17) is 16.3 Å². The van der Waals surface area contributed by atoms with Crippen molar-refractivity contribution in [3.63, 3.8) is 0 Å². The van der Waals surface area contributed by atoms with Gasteiger partial charge in [0, 0.05) is 56.0 Å². The average Bonchev–Trinajstić information content (AvgIpc) is 2.51. The number of hydrogen-bond donors (Lipinski definition) is 1. The third kappa shape index (κ3) is 3.89. The highest BCUT2D eigenvalue weighted by molar-refractivity contribution is 6.30. The van der Waals surface area contributed by atoms with E-state index in [0.29, 0.717) is 13.2 Å². The van der Waals surface area contributed by atoms with Crippen LogP contribution in [-0.2, 0) is 4.74 Å². The van der Waals surface area contributed by atoms with Crippen molar-refractivity contribution in [2.45, 2.75) is 12.5 Å². The average molecular weight is 311 g/mol. The van der Waals surface area contributed by atoms with Gasteiger partial charge in [-0.05, 0) is 30.7 Å². The molecule has 2 aliphatic rings. The molecular formula is C16H23ClN2O2. The van der Waals surface area contributed by atoms with Crippen molar-refractivity contribution in [2.75, 3.05) is 50.8 Å². The Balaban J connectivity index is 1.49. The summed E-state index contributed by atoms with van der Waals surface area (Å²) >= 11 is 5.93. The maximum atomic E-state index is 10.0. The number of halogens is 1. The van der Waals surface area contributed by atoms with Gasteiger partial charge in [-0.15, -0.1) is 0 Å². The Labute approximate surface area is 131 Å². The molecule has 2 aliphatic heterocycles. The Morgan fingerprint density at radius 1 is 1.14 bits per heavy atom. The topological polar surface area (TPSA) is 35.9 Å². The molecule has 2 fully saturated rings. The summed E-state index contributed by atoms with van der Waals surface area (Å²) in [6.07, 6.45) is 0.572. The molecule has 0 bridgehead atoms. The molecule has 21 heavy (non-hydrogen) atoms. The molecule has 0 radical (unpaired) electrons. The first-order valence-electron chi connectivity index (χ1n) is 7.71. The van der Waals surface area contributed by atoms with E-state index in [1.165, 1.54) is 5.69 Å². The van der Waals surface area contributed by atoms with E-state index in [1.807, 2.05) is 12.1 Å². The zero-order valence-corrected chi connectivity index (χ0v) is 13.0. The van der Waals surface area contributed by atoms with Crippen LogP contribution in [0.2, 0.25) is 5.02 Å². The van der Waals surface area contributed by atoms with Gasteiger partial charge in [-0.3, -0.25) is 4.90 Å². The van der Waals surface area contributed by atoms with E-state index < -0.39 is 0 Å². The second-order valence-corrected chi connectivity index (χ2v) is 6.39. The zero-order valence-electron chi connectivity index (χ0n) is 12.2. The van der Waals surface area contributed by atoms with Crippen LogP contribution in [0, 0.1) is 5.92 Å². The molecule has 1 aromatic carbocycles. The van der Waals surface area contributed by atoms with Gasteiger partial charge in [0.05, 0.1) is 12.7 Å². The molecule has 2 atom stereocenters. The summed E-state index contributed by atoms with van der Waals surface area (Å²) in [6.45, 7) is 6.44. The molecule has 3 rings (SSSR count). The molecule has 116 valence electrons. The van der Waals surface area contributed by atoms with Crippen molar-refractivity contribution in [1.82, 2.24) is 4.90 Å². The molecule has 1 N–H and O–H groups in total. The summed E-state index contributed by atoms with van der Waals surface area (Å²) in [4.78, 5) is 4.83. The highest BCUT2D eigenvalue weighted by Crippen LogP contribution is 2.21. The highest BCUT2D eigenvalue weighted by Gasteiger charge is 2.27. The summed E-state index contributed by atoms with van der Waals surface area (Å²) in [5, 5.41) is 10.8. The number of benzene rings is 1. The van der Waals surface area contributed by atoms with Gasteiger partial charge >= 0.3 is 0 Å². The first-order chi connectivity index (χ1) is 10.2. The van der Waals surface area contributed by atoms with Gasteiger partial charge < -0.3 is 14.7 Å². The van der Waals surface area contributed by atoms with Crippen LogP contribution < -0.4 is 4.90 Å². The Hall–Kier alpha value is -0.810. The summed E-state index contributed by atoms with van der Waals surface area (Å²) in [5.74, 6) is 0.265. The van der Waals surface area contributed by atoms with E-state index in [9.17, 15) is 5.11 Å². The molecule has 0 amide bonds. The van der Waals surface area contributed by atoms with Crippen molar-refractivity contribution in [3.8, 4) is 0 Å². The molecule has 0 saturated carbocycles. The van der Waals surface area contributed by atoms with Crippen LogP contribution in [0.25, 0.3) is 0 Å². The standard InChI is InChI=1S/C16H23ClN2O2/c17-14-1-3-15(4-2-14)19-8-6-18(7-9-19)11-13-12-21-10-5-16(13)20/h1-4,13,16,20H,5-12H2. The molecule has 2 heterocycles. The monoisotopic (exact) mass is 310 g/mol. The Morgan fingerprint density at radius 3 is 2.52 bits per heavy atom. The number of rotatable bonds is 3. The summed E-state index contributed by atoms with van der Waals surface area (Å²) in [5.41, 5.74) is 1.24. The van der Waals surface area contributed by atoms with Crippen molar-refractivity contribution in [1.29, 1.82) is 0 Å². The Kier molecular flexibility index (Phi) is 5.01. The minimum absolute atomic E-state index is 0.201. The lowest BCUT2D eigenvalue weighted by atomic mass is 9.98. The number of anilines is 1. The number of hydrogen-bond acceptors (Lipinski definition) is 4.